The third-order valence-corrected chi connectivity index (χ3v) is 2.36. The summed E-state index contributed by atoms with van der Waals surface area (Å²) in [4.78, 5) is 0. The summed E-state index contributed by atoms with van der Waals surface area (Å²) in [7, 11) is 0. The molecule has 2 rings (SSSR count). The standard InChI is InChI=1S/C11H12F2N4/c12-11(13)9-3-1-8(2-4-9)10-7-17(6-5-14)16-15-10/h1-4,7,11H,5-6,14H2. The molecule has 0 bridgehead atoms. The first-order valence-corrected chi connectivity index (χ1v) is 5.19. The minimum Gasteiger partial charge on any atom is -0.329 e. The average molecular weight is 238 g/mol. The van der Waals surface area contributed by atoms with Gasteiger partial charge in [-0.2, -0.15) is 0 Å². The maximum Gasteiger partial charge on any atom is 0.263 e. The Bertz CT molecular complexity index is 478. The van der Waals surface area contributed by atoms with Crippen molar-refractivity contribution >= 4 is 0 Å². The van der Waals surface area contributed by atoms with E-state index in [1.54, 1.807) is 23.0 Å². The summed E-state index contributed by atoms with van der Waals surface area (Å²) in [5.74, 6) is 0. The van der Waals surface area contributed by atoms with Gasteiger partial charge in [-0.25, -0.2) is 8.78 Å². The number of benzene rings is 1. The van der Waals surface area contributed by atoms with Gasteiger partial charge < -0.3 is 5.73 Å². The van der Waals surface area contributed by atoms with Gasteiger partial charge in [-0.3, -0.25) is 4.68 Å². The van der Waals surface area contributed by atoms with Crippen molar-refractivity contribution in [3.8, 4) is 11.3 Å². The molecule has 0 radical (unpaired) electrons. The van der Waals surface area contributed by atoms with Crippen LogP contribution in [0.2, 0.25) is 0 Å². The van der Waals surface area contributed by atoms with Gasteiger partial charge in [0.1, 0.15) is 5.69 Å². The third kappa shape index (κ3) is 2.65. The second-order valence-electron chi connectivity index (χ2n) is 3.58. The SMILES string of the molecule is NCCn1cc(-c2ccc(C(F)F)cc2)nn1. The summed E-state index contributed by atoms with van der Waals surface area (Å²) < 4.78 is 26.3. The second-order valence-corrected chi connectivity index (χ2v) is 3.58. The zero-order chi connectivity index (χ0) is 12.3. The van der Waals surface area contributed by atoms with Gasteiger partial charge in [0.05, 0.1) is 12.7 Å². The maximum atomic E-state index is 12.4. The highest BCUT2D eigenvalue weighted by Gasteiger charge is 2.08. The summed E-state index contributed by atoms with van der Waals surface area (Å²) in [5, 5.41) is 7.83. The van der Waals surface area contributed by atoms with Gasteiger partial charge in [0.15, 0.2) is 0 Å². The van der Waals surface area contributed by atoms with Crippen LogP contribution in [0.4, 0.5) is 8.78 Å². The van der Waals surface area contributed by atoms with E-state index in [1.165, 1.54) is 12.1 Å². The first kappa shape index (κ1) is 11.7. The van der Waals surface area contributed by atoms with Crippen LogP contribution in [0.25, 0.3) is 11.3 Å². The average Bonchev–Trinajstić information content (AvgIpc) is 2.78. The van der Waals surface area contributed by atoms with Crippen LogP contribution in [-0.2, 0) is 6.54 Å². The van der Waals surface area contributed by atoms with Crippen LogP contribution >= 0.6 is 0 Å². The van der Waals surface area contributed by atoms with Crippen molar-refractivity contribution in [1.29, 1.82) is 0 Å². The molecule has 2 aromatic rings. The molecule has 1 heterocycles. The maximum absolute atomic E-state index is 12.4. The molecular weight excluding hydrogens is 226 g/mol. The Balaban J connectivity index is 2.21. The van der Waals surface area contributed by atoms with Gasteiger partial charge in [0.2, 0.25) is 0 Å². The Morgan fingerprint density at radius 2 is 1.94 bits per heavy atom. The Hall–Kier alpha value is -1.82. The largest absolute Gasteiger partial charge is 0.329 e. The number of alkyl halides is 2. The molecule has 6 heteroatoms. The molecule has 0 fully saturated rings. The Morgan fingerprint density at radius 1 is 1.24 bits per heavy atom. The van der Waals surface area contributed by atoms with E-state index in [0.717, 1.165) is 5.56 Å². The molecule has 0 aliphatic rings. The molecule has 0 saturated carbocycles. The fourth-order valence-corrected chi connectivity index (χ4v) is 1.47. The number of nitrogens with two attached hydrogens (primary N) is 1. The predicted octanol–water partition coefficient (Wildman–Crippen LogP) is 1.84. The normalized spacial score (nSPS) is 11.1. The highest BCUT2D eigenvalue weighted by atomic mass is 19.3. The lowest BCUT2D eigenvalue weighted by Gasteiger charge is -2.00. The van der Waals surface area contributed by atoms with E-state index in [4.69, 9.17) is 5.73 Å². The van der Waals surface area contributed by atoms with Gasteiger partial charge in [-0.15, -0.1) is 5.10 Å². The first-order valence-electron chi connectivity index (χ1n) is 5.19. The van der Waals surface area contributed by atoms with Crippen LogP contribution < -0.4 is 5.73 Å². The Morgan fingerprint density at radius 3 is 2.53 bits per heavy atom. The van der Waals surface area contributed by atoms with Crippen LogP contribution in [0, 0.1) is 0 Å². The van der Waals surface area contributed by atoms with Crippen LogP contribution in [0.3, 0.4) is 0 Å². The lowest BCUT2D eigenvalue weighted by atomic mass is 10.1. The summed E-state index contributed by atoms with van der Waals surface area (Å²) in [5.41, 5.74) is 6.81. The molecule has 90 valence electrons. The lowest BCUT2D eigenvalue weighted by molar-refractivity contribution is 0.151. The summed E-state index contributed by atoms with van der Waals surface area (Å²) >= 11 is 0. The van der Waals surface area contributed by atoms with Crippen LogP contribution in [0.15, 0.2) is 30.5 Å². The second kappa shape index (κ2) is 5.01. The van der Waals surface area contributed by atoms with Gasteiger partial charge in [-0.05, 0) is 0 Å². The lowest BCUT2D eigenvalue weighted by Crippen LogP contribution is -2.10. The fourth-order valence-electron chi connectivity index (χ4n) is 1.47. The van der Waals surface area contributed by atoms with Gasteiger partial charge in [0, 0.05) is 17.7 Å². The number of hydrogen-bond donors (Lipinski definition) is 1. The van der Waals surface area contributed by atoms with Gasteiger partial charge >= 0.3 is 0 Å². The number of nitrogens with zero attached hydrogens (tertiary/aromatic N) is 3. The Labute approximate surface area is 97.0 Å². The van der Waals surface area contributed by atoms with Crippen LogP contribution in [0.1, 0.15) is 12.0 Å². The molecule has 0 aliphatic heterocycles. The van der Waals surface area contributed by atoms with E-state index < -0.39 is 6.43 Å². The third-order valence-electron chi connectivity index (χ3n) is 2.36. The number of halogens is 2. The predicted molar refractivity (Wildman–Crippen MR) is 59.5 cm³/mol. The van der Waals surface area contributed by atoms with E-state index in [1.807, 2.05) is 0 Å². The molecule has 0 unspecified atom stereocenters. The molecule has 2 N–H and O–H groups in total. The molecule has 0 saturated heterocycles. The highest BCUT2D eigenvalue weighted by Crippen LogP contribution is 2.22. The van der Waals surface area contributed by atoms with Crippen molar-refractivity contribution < 1.29 is 8.78 Å². The molecule has 1 aromatic heterocycles. The molecule has 17 heavy (non-hydrogen) atoms. The zero-order valence-electron chi connectivity index (χ0n) is 9.05. The van der Waals surface area contributed by atoms with E-state index in [9.17, 15) is 8.78 Å². The highest BCUT2D eigenvalue weighted by molar-refractivity contribution is 5.58. The molecular formula is C11H12F2N4. The molecule has 0 aliphatic carbocycles. The summed E-state index contributed by atoms with van der Waals surface area (Å²) in [6.07, 6.45) is -0.707. The number of rotatable bonds is 4. The van der Waals surface area contributed by atoms with Crippen LogP contribution in [0.5, 0.6) is 0 Å². The summed E-state index contributed by atoms with van der Waals surface area (Å²) in [6, 6.07) is 6.00. The molecule has 0 amide bonds. The van der Waals surface area contributed by atoms with Crippen molar-refractivity contribution in [3.63, 3.8) is 0 Å². The monoisotopic (exact) mass is 238 g/mol. The van der Waals surface area contributed by atoms with Crippen molar-refractivity contribution in [3.05, 3.63) is 36.0 Å². The van der Waals surface area contributed by atoms with Crippen molar-refractivity contribution in [2.75, 3.05) is 6.54 Å². The minimum absolute atomic E-state index is 0.00287. The molecule has 0 spiro atoms. The van der Waals surface area contributed by atoms with Crippen molar-refractivity contribution in [1.82, 2.24) is 15.0 Å². The van der Waals surface area contributed by atoms with E-state index in [-0.39, 0.29) is 5.56 Å². The molecule has 1 aromatic carbocycles. The van der Waals surface area contributed by atoms with Crippen molar-refractivity contribution in [2.45, 2.75) is 13.0 Å². The minimum atomic E-state index is -2.45. The van der Waals surface area contributed by atoms with Crippen LogP contribution in [-0.4, -0.2) is 21.5 Å². The topological polar surface area (TPSA) is 56.7 Å². The number of hydrogen-bond acceptors (Lipinski definition) is 3. The first-order chi connectivity index (χ1) is 8.20. The van der Waals surface area contributed by atoms with Gasteiger partial charge in [-0.1, -0.05) is 29.5 Å². The Kier molecular flexibility index (Phi) is 3.43. The zero-order valence-corrected chi connectivity index (χ0v) is 9.05. The van der Waals surface area contributed by atoms with E-state index in [2.05, 4.69) is 10.3 Å². The van der Waals surface area contributed by atoms with Crippen molar-refractivity contribution in [2.24, 2.45) is 5.73 Å². The summed E-state index contributed by atoms with van der Waals surface area (Å²) in [6.45, 7) is 1.06. The fraction of sp³-hybridized carbons (Fsp3) is 0.273. The number of aromatic nitrogens is 3. The molecule has 4 nitrogen and oxygen atoms in total. The molecule has 0 atom stereocenters. The van der Waals surface area contributed by atoms with Gasteiger partial charge in [0.25, 0.3) is 6.43 Å². The van der Waals surface area contributed by atoms with E-state index in [0.29, 0.717) is 18.8 Å². The quantitative estimate of drug-likeness (QED) is 0.884. The van der Waals surface area contributed by atoms with E-state index >= 15 is 0 Å². The smallest absolute Gasteiger partial charge is 0.263 e.